The average molecular weight is 233 g/mol. The maximum absolute atomic E-state index is 13.5. The third kappa shape index (κ3) is 2.42. The van der Waals surface area contributed by atoms with Crippen molar-refractivity contribution in [3.05, 3.63) is 59.7 Å². The van der Waals surface area contributed by atoms with Gasteiger partial charge in [0.2, 0.25) is 0 Å². The standard InChI is InChI=1S/C13H12FNO2/c1-17-12-6-5-9(8-10(12)14)13(16)11-4-2-3-7-15-11/h2-8,13,16H,1H3/t13-/m0/s1. The van der Waals surface area contributed by atoms with E-state index in [9.17, 15) is 9.50 Å². The molecule has 1 heterocycles. The van der Waals surface area contributed by atoms with E-state index in [1.54, 1.807) is 30.5 Å². The number of pyridine rings is 1. The molecule has 0 bridgehead atoms. The molecule has 1 aromatic heterocycles. The molecule has 0 aliphatic carbocycles. The second kappa shape index (κ2) is 4.93. The molecule has 1 atom stereocenters. The van der Waals surface area contributed by atoms with Crippen molar-refractivity contribution in [3.8, 4) is 5.75 Å². The van der Waals surface area contributed by atoms with Gasteiger partial charge < -0.3 is 9.84 Å². The van der Waals surface area contributed by atoms with Crippen molar-refractivity contribution in [2.75, 3.05) is 7.11 Å². The number of benzene rings is 1. The van der Waals surface area contributed by atoms with Crippen LogP contribution in [0.4, 0.5) is 4.39 Å². The van der Waals surface area contributed by atoms with Crippen LogP contribution < -0.4 is 4.74 Å². The summed E-state index contributed by atoms with van der Waals surface area (Å²) in [6.45, 7) is 0. The van der Waals surface area contributed by atoms with E-state index in [2.05, 4.69) is 4.98 Å². The smallest absolute Gasteiger partial charge is 0.165 e. The molecule has 3 nitrogen and oxygen atoms in total. The highest BCUT2D eigenvalue weighted by Crippen LogP contribution is 2.24. The number of methoxy groups -OCH3 is 1. The Bertz CT molecular complexity index is 502. The summed E-state index contributed by atoms with van der Waals surface area (Å²) in [6.07, 6.45) is 0.648. The van der Waals surface area contributed by atoms with E-state index in [-0.39, 0.29) is 5.75 Å². The lowest BCUT2D eigenvalue weighted by Crippen LogP contribution is -2.02. The number of rotatable bonds is 3. The Labute approximate surface area is 98.5 Å². The van der Waals surface area contributed by atoms with Crippen LogP contribution in [-0.2, 0) is 0 Å². The lowest BCUT2D eigenvalue weighted by atomic mass is 10.1. The van der Waals surface area contributed by atoms with Gasteiger partial charge in [-0.2, -0.15) is 0 Å². The van der Waals surface area contributed by atoms with Crippen LogP contribution in [0.2, 0.25) is 0 Å². The van der Waals surface area contributed by atoms with E-state index < -0.39 is 11.9 Å². The maximum atomic E-state index is 13.5. The van der Waals surface area contributed by atoms with Crippen molar-refractivity contribution >= 4 is 0 Å². The van der Waals surface area contributed by atoms with Gasteiger partial charge in [-0.3, -0.25) is 4.98 Å². The highest BCUT2D eigenvalue weighted by atomic mass is 19.1. The first-order chi connectivity index (χ1) is 8.22. The van der Waals surface area contributed by atoms with Gasteiger partial charge in [0, 0.05) is 6.20 Å². The van der Waals surface area contributed by atoms with Crippen LogP contribution in [-0.4, -0.2) is 17.2 Å². The summed E-state index contributed by atoms with van der Waals surface area (Å²) in [7, 11) is 1.40. The fourth-order valence-corrected chi connectivity index (χ4v) is 1.56. The molecule has 1 aromatic carbocycles. The topological polar surface area (TPSA) is 42.4 Å². The van der Waals surface area contributed by atoms with E-state index in [1.165, 1.54) is 19.2 Å². The van der Waals surface area contributed by atoms with Gasteiger partial charge in [-0.25, -0.2) is 4.39 Å². The van der Waals surface area contributed by atoms with Crippen molar-refractivity contribution in [3.63, 3.8) is 0 Å². The summed E-state index contributed by atoms with van der Waals surface area (Å²) in [5.74, 6) is -0.345. The van der Waals surface area contributed by atoms with Gasteiger partial charge >= 0.3 is 0 Å². The van der Waals surface area contributed by atoms with Gasteiger partial charge in [-0.15, -0.1) is 0 Å². The minimum Gasteiger partial charge on any atom is -0.494 e. The number of aliphatic hydroxyl groups excluding tert-OH is 1. The Morgan fingerprint density at radius 3 is 2.71 bits per heavy atom. The van der Waals surface area contributed by atoms with Crippen molar-refractivity contribution in [1.29, 1.82) is 0 Å². The Balaban J connectivity index is 2.32. The summed E-state index contributed by atoms with van der Waals surface area (Å²) in [6, 6.07) is 9.55. The molecule has 0 spiro atoms. The van der Waals surface area contributed by atoms with Crippen LogP contribution in [0.15, 0.2) is 42.6 Å². The fourth-order valence-electron chi connectivity index (χ4n) is 1.56. The molecule has 2 rings (SSSR count). The van der Waals surface area contributed by atoms with Gasteiger partial charge in [-0.05, 0) is 29.8 Å². The summed E-state index contributed by atoms with van der Waals surface area (Å²) < 4.78 is 18.3. The maximum Gasteiger partial charge on any atom is 0.165 e. The lowest BCUT2D eigenvalue weighted by Gasteiger charge is -2.11. The highest BCUT2D eigenvalue weighted by Gasteiger charge is 2.13. The molecule has 4 heteroatoms. The summed E-state index contributed by atoms with van der Waals surface area (Å²) >= 11 is 0. The van der Waals surface area contributed by atoms with Crippen molar-refractivity contribution in [2.45, 2.75) is 6.10 Å². The molecule has 1 N–H and O–H groups in total. The van der Waals surface area contributed by atoms with Gasteiger partial charge in [0.25, 0.3) is 0 Å². The van der Waals surface area contributed by atoms with Crippen molar-refractivity contribution in [2.24, 2.45) is 0 Å². The molecule has 0 unspecified atom stereocenters. The van der Waals surface area contributed by atoms with Crippen LogP contribution in [0.3, 0.4) is 0 Å². The fraction of sp³-hybridized carbons (Fsp3) is 0.154. The molecule has 0 aliphatic rings. The molecule has 88 valence electrons. The largest absolute Gasteiger partial charge is 0.494 e. The molecule has 0 saturated carbocycles. The van der Waals surface area contributed by atoms with E-state index in [1.807, 2.05) is 0 Å². The molecular formula is C13H12FNO2. The number of ether oxygens (including phenoxy) is 1. The first-order valence-electron chi connectivity index (χ1n) is 5.15. The van der Waals surface area contributed by atoms with E-state index in [0.717, 1.165) is 0 Å². The second-order valence-corrected chi connectivity index (χ2v) is 3.55. The predicted molar refractivity (Wildman–Crippen MR) is 61.3 cm³/mol. The second-order valence-electron chi connectivity index (χ2n) is 3.55. The predicted octanol–water partition coefficient (Wildman–Crippen LogP) is 2.31. The molecule has 2 aromatic rings. The van der Waals surface area contributed by atoms with E-state index in [4.69, 9.17) is 4.74 Å². The van der Waals surface area contributed by atoms with Gasteiger partial charge in [0.1, 0.15) is 6.10 Å². The number of aromatic nitrogens is 1. The third-order valence-electron chi connectivity index (χ3n) is 2.46. The molecule has 0 saturated heterocycles. The number of nitrogens with zero attached hydrogens (tertiary/aromatic N) is 1. The summed E-state index contributed by atoms with van der Waals surface area (Å²) in [5.41, 5.74) is 0.930. The number of aliphatic hydroxyl groups is 1. The van der Waals surface area contributed by atoms with Crippen LogP contribution in [0.1, 0.15) is 17.4 Å². The van der Waals surface area contributed by atoms with Crippen LogP contribution in [0.5, 0.6) is 5.75 Å². The zero-order valence-electron chi connectivity index (χ0n) is 9.30. The zero-order valence-corrected chi connectivity index (χ0v) is 9.30. The minimum atomic E-state index is -0.934. The van der Waals surface area contributed by atoms with Gasteiger partial charge in [0.15, 0.2) is 11.6 Å². The van der Waals surface area contributed by atoms with Gasteiger partial charge in [0.05, 0.1) is 12.8 Å². The Hall–Kier alpha value is -1.94. The quantitative estimate of drug-likeness (QED) is 0.884. The lowest BCUT2D eigenvalue weighted by molar-refractivity contribution is 0.214. The first kappa shape index (κ1) is 11.5. The first-order valence-corrected chi connectivity index (χ1v) is 5.15. The molecule has 0 fully saturated rings. The summed E-state index contributed by atoms with van der Waals surface area (Å²) in [4.78, 5) is 4.02. The average Bonchev–Trinajstić information content (AvgIpc) is 2.39. The van der Waals surface area contributed by atoms with Crippen molar-refractivity contribution in [1.82, 2.24) is 4.98 Å². The Morgan fingerprint density at radius 2 is 2.12 bits per heavy atom. The van der Waals surface area contributed by atoms with Crippen LogP contribution in [0, 0.1) is 5.82 Å². The Kier molecular flexibility index (Phi) is 3.35. The van der Waals surface area contributed by atoms with E-state index >= 15 is 0 Å². The number of hydrogen-bond donors (Lipinski definition) is 1. The molecule has 17 heavy (non-hydrogen) atoms. The molecule has 0 amide bonds. The van der Waals surface area contributed by atoms with Crippen LogP contribution >= 0.6 is 0 Å². The van der Waals surface area contributed by atoms with Crippen molar-refractivity contribution < 1.29 is 14.2 Å². The minimum absolute atomic E-state index is 0.155. The molecule has 0 aliphatic heterocycles. The summed E-state index contributed by atoms with van der Waals surface area (Å²) in [5, 5.41) is 10.0. The highest BCUT2D eigenvalue weighted by molar-refractivity contribution is 5.33. The molecular weight excluding hydrogens is 221 g/mol. The van der Waals surface area contributed by atoms with Crippen LogP contribution in [0.25, 0.3) is 0 Å². The van der Waals surface area contributed by atoms with Gasteiger partial charge in [-0.1, -0.05) is 12.1 Å². The molecule has 0 radical (unpaired) electrons. The Morgan fingerprint density at radius 1 is 1.29 bits per heavy atom. The number of hydrogen-bond acceptors (Lipinski definition) is 3. The zero-order chi connectivity index (χ0) is 12.3. The monoisotopic (exact) mass is 233 g/mol. The number of halogens is 1. The van der Waals surface area contributed by atoms with E-state index in [0.29, 0.717) is 11.3 Å². The SMILES string of the molecule is COc1ccc([C@H](O)c2ccccn2)cc1F. The third-order valence-corrected chi connectivity index (χ3v) is 2.46. The normalized spacial score (nSPS) is 12.2.